The molecule has 0 aliphatic carbocycles. The van der Waals surface area contributed by atoms with E-state index in [1.165, 1.54) is 6.26 Å². The molecule has 0 radical (unpaired) electrons. The van der Waals surface area contributed by atoms with Gasteiger partial charge in [-0.3, -0.25) is 4.79 Å². The summed E-state index contributed by atoms with van der Waals surface area (Å²) in [5.74, 6) is 0.257. The molecule has 8 heteroatoms. The number of nitrogens with zero attached hydrogens (tertiary/aromatic N) is 1. The molecule has 0 aromatic carbocycles. The Labute approximate surface area is 140 Å². The van der Waals surface area contributed by atoms with Gasteiger partial charge >= 0.3 is 0 Å². The molecule has 0 bridgehead atoms. The molecule has 0 unspecified atom stereocenters. The summed E-state index contributed by atoms with van der Waals surface area (Å²) in [5, 5.41) is 2.98. The van der Waals surface area contributed by atoms with Crippen molar-refractivity contribution < 1.29 is 17.9 Å². The highest BCUT2D eigenvalue weighted by molar-refractivity contribution is 7.88. The molecule has 0 atom stereocenters. The number of rotatable bonds is 11. The van der Waals surface area contributed by atoms with E-state index in [9.17, 15) is 13.2 Å². The minimum Gasteiger partial charge on any atom is -0.382 e. The van der Waals surface area contributed by atoms with Crippen molar-refractivity contribution in [2.45, 2.75) is 32.6 Å². The number of sulfonamides is 1. The Morgan fingerprint density at radius 3 is 2.52 bits per heavy atom. The van der Waals surface area contributed by atoms with Crippen LogP contribution in [0.25, 0.3) is 0 Å². The van der Waals surface area contributed by atoms with E-state index < -0.39 is 10.0 Å². The number of amides is 1. The summed E-state index contributed by atoms with van der Waals surface area (Å²) >= 11 is 0. The standard InChI is InChI=1S/C15H31N3O4S/c1-3-22-13-5-8-16-15(19)14-6-11-18(12-7-14)10-4-9-17-23(2,20)21/h14,17H,3-13H2,1-2H3,(H,16,19). The number of ether oxygens (including phenoxy) is 1. The minimum atomic E-state index is -3.09. The molecule has 0 spiro atoms. The van der Waals surface area contributed by atoms with Crippen LogP contribution in [0.1, 0.15) is 32.6 Å². The van der Waals surface area contributed by atoms with Crippen LogP contribution in [0.15, 0.2) is 0 Å². The zero-order valence-electron chi connectivity index (χ0n) is 14.3. The molecular weight excluding hydrogens is 318 g/mol. The first kappa shape index (κ1) is 20.3. The lowest BCUT2D eigenvalue weighted by Gasteiger charge is -2.31. The van der Waals surface area contributed by atoms with Gasteiger partial charge in [0, 0.05) is 32.2 Å². The van der Waals surface area contributed by atoms with Gasteiger partial charge in [-0.05, 0) is 52.2 Å². The van der Waals surface area contributed by atoms with Crippen LogP contribution in [-0.4, -0.2) is 71.4 Å². The molecule has 1 saturated heterocycles. The maximum Gasteiger partial charge on any atom is 0.223 e. The smallest absolute Gasteiger partial charge is 0.223 e. The van der Waals surface area contributed by atoms with Gasteiger partial charge in [0.05, 0.1) is 6.26 Å². The van der Waals surface area contributed by atoms with Crippen molar-refractivity contribution in [1.82, 2.24) is 14.9 Å². The van der Waals surface area contributed by atoms with E-state index in [1.807, 2.05) is 6.92 Å². The van der Waals surface area contributed by atoms with Gasteiger partial charge in [-0.15, -0.1) is 0 Å². The molecule has 1 fully saturated rings. The molecule has 0 aromatic heterocycles. The number of hydrogen-bond donors (Lipinski definition) is 2. The third kappa shape index (κ3) is 9.91. The average Bonchev–Trinajstić information content (AvgIpc) is 2.51. The number of hydrogen-bond acceptors (Lipinski definition) is 5. The Morgan fingerprint density at radius 1 is 1.22 bits per heavy atom. The van der Waals surface area contributed by atoms with Gasteiger partial charge in [-0.1, -0.05) is 0 Å². The van der Waals surface area contributed by atoms with Crippen molar-refractivity contribution in [2.75, 3.05) is 52.2 Å². The molecule has 23 heavy (non-hydrogen) atoms. The molecule has 2 N–H and O–H groups in total. The fourth-order valence-electron chi connectivity index (χ4n) is 2.65. The number of likely N-dealkylation sites (tertiary alicyclic amines) is 1. The van der Waals surface area contributed by atoms with Crippen molar-refractivity contribution in [3.63, 3.8) is 0 Å². The first-order valence-electron chi connectivity index (χ1n) is 8.45. The maximum atomic E-state index is 12.1. The van der Waals surface area contributed by atoms with Gasteiger partial charge < -0.3 is 15.0 Å². The average molecular weight is 349 g/mol. The maximum absolute atomic E-state index is 12.1. The van der Waals surface area contributed by atoms with Crippen LogP contribution in [0.5, 0.6) is 0 Å². The van der Waals surface area contributed by atoms with Crippen LogP contribution in [0.2, 0.25) is 0 Å². The first-order valence-corrected chi connectivity index (χ1v) is 10.3. The van der Waals surface area contributed by atoms with Crippen LogP contribution in [0.4, 0.5) is 0 Å². The predicted molar refractivity (Wildman–Crippen MR) is 90.7 cm³/mol. The van der Waals surface area contributed by atoms with E-state index in [4.69, 9.17) is 4.74 Å². The van der Waals surface area contributed by atoms with Crippen LogP contribution in [-0.2, 0) is 19.6 Å². The topological polar surface area (TPSA) is 87.7 Å². The second-order valence-corrected chi connectivity index (χ2v) is 7.81. The molecule has 0 aromatic rings. The monoisotopic (exact) mass is 349 g/mol. The van der Waals surface area contributed by atoms with Gasteiger partial charge in [-0.25, -0.2) is 13.1 Å². The third-order valence-electron chi connectivity index (χ3n) is 3.94. The quantitative estimate of drug-likeness (QED) is 0.520. The van der Waals surface area contributed by atoms with Gasteiger partial charge in [0.2, 0.25) is 15.9 Å². The SMILES string of the molecule is CCOCCCNC(=O)C1CCN(CCCNS(C)(=O)=O)CC1. The van der Waals surface area contributed by atoms with E-state index in [0.717, 1.165) is 45.3 Å². The van der Waals surface area contributed by atoms with Crippen molar-refractivity contribution in [2.24, 2.45) is 5.92 Å². The van der Waals surface area contributed by atoms with Crippen molar-refractivity contribution in [3.05, 3.63) is 0 Å². The lowest BCUT2D eigenvalue weighted by Crippen LogP contribution is -2.41. The minimum absolute atomic E-state index is 0.104. The molecular formula is C15H31N3O4S. The molecule has 1 rings (SSSR count). The Bertz CT molecular complexity index is 434. The molecule has 136 valence electrons. The molecule has 1 aliphatic heterocycles. The second-order valence-electron chi connectivity index (χ2n) is 5.98. The lowest BCUT2D eigenvalue weighted by molar-refractivity contribution is -0.126. The van der Waals surface area contributed by atoms with Crippen LogP contribution in [0.3, 0.4) is 0 Å². The number of nitrogens with one attached hydrogen (secondary N) is 2. The van der Waals surface area contributed by atoms with Crippen LogP contribution in [0, 0.1) is 5.92 Å². The Morgan fingerprint density at radius 2 is 1.91 bits per heavy atom. The Kier molecular flexibility index (Phi) is 9.69. The summed E-state index contributed by atoms with van der Waals surface area (Å²) in [7, 11) is -3.09. The van der Waals surface area contributed by atoms with E-state index >= 15 is 0 Å². The van der Waals surface area contributed by atoms with E-state index in [1.54, 1.807) is 0 Å². The van der Waals surface area contributed by atoms with Gasteiger partial charge in [0.1, 0.15) is 0 Å². The fourth-order valence-corrected chi connectivity index (χ4v) is 3.17. The molecule has 7 nitrogen and oxygen atoms in total. The normalized spacial score (nSPS) is 17.3. The molecule has 1 heterocycles. The predicted octanol–water partition coefficient (Wildman–Crippen LogP) is 0.181. The fraction of sp³-hybridized carbons (Fsp3) is 0.933. The lowest BCUT2D eigenvalue weighted by atomic mass is 9.96. The van der Waals surface area contributed by atoms with E-state index in [0.29, 0.717) is 26.3 Å². The molecule has 1 aliphatic rings. The van der Waals surface area contributed by atoms with Crippen molar-refractivity contribution in [1.29, 1.82) is 0 Å². The number of carbonyl (C=O) groups is 1. The third-order valence-corrected chi connectivity index (χ3v) is 4.67. The van der Waals surface area contributed by atoms with Gasteiger partial charge in [-0.2, -0.15) is 0 Å². The summed E-state index contributed by atoms with van der Waals surface area (Å²) in [6, 6.07) is 0. The second kappa shape index (κ2) is 11.0. The highest BCUT2D eigenvalue weighted by Crippen LogP contribution is 2.17. The van der Waals surface area contributed by atoms with E-state index in [2.05, 4.69) is 14.9 Å². The Hall–Kier alpha value is -0.700. The summed E-state index contributed by atoms with van der Waals surface area (Å²) < 4.78 is 29.7. The number of carbonyl (C=O) groups excluding carboxylic acids is 1. The highest BCUT2D eigenvalue weighted by atomic mass is 32.2. The van der Waals surface area contributed by atoms with Gasteiger partial charge in [0.15, 0.2) is 0 Å². The zero-order valence-corrected chi connectivity index (χ0v) is 15.2. The first-order chi connectivity index (χ1) is 10.9. The van der Waals surface area contributed by atoms with Crippen LogP contribution < -0.4 is 10.0 Å². The van der Waals surface area contributed by atoms with Crippen LogP contribution >= 0.6 is 0 Å². The highest BCUT2D eigenvalue weighted by Gasteiger charge is 2.24. The summed E-state index contributed by atoms with van der Waals surface area (Å²) in [5.41, 5.74) is 0. The van der Waals surface area contributed by atoms with Crippen molar-refractivity contribution >= 4 is 15.9 Å². The molecule has 0 saturated carbocycles. The number of piperidine rings is 1. The van der Waals surface area contributed by atoms with Gasteiger partial charge in [0.25, 0.3) is 0 Å². The molecule has 1 amide bonds. The summed E-state index contributed by atoms with van der Waals surface area (Å²) in [6.07, 6.45) is 4.56. The Balaban J connectivity index is 2.09. The summed E-state index contributed by atoms with van der Waals surface area (Å²) in [6.45, 7) is 7.18. The largest absolute Gasteiger partial charge is 0.382 e. The van der Waals surface area contributed by atoms with Crippen molar-refractivity contribution in [3.8, 4) is 0 Å². The summed E-state index contributed by atoms with van der Waals surface area (Å²) in [4.78, 5) is 14.4. The zero-order chi connectivity index (χ0) is 17.1. The van der Waals surface area contributed by atoms with E-state index in [-0.39, 0.29) is 11.8 Å².